The van der Waals surface area contributed by atoms with Crippen LogP contribution in [0.5, 0.6) is 0 Å². The number of rotatable bonds is 4. The molecular weight excluding hydrogens is 172 g/mol. The maximum atomic E-state index is 5.89. The maximum absolute atomic E-state index is 5.89. The average Bonchev–Trinajstić information content (AvgIpc) is 2.16. The van der Waals surface area contributed by atoms with E-state index in [0.29, 0.717) is 12.1 Å². The van der Waals surface area contributed by atoms with E-state index in [1.54, 1.807) is 0 Å². The molecule has 1 aliphatic carbocycles. The summed E-state index contributed by atoms with van der Waals surface area (Å²) in [5, 5.41) is 3.77. The smallest absolute Gasteiger partial charge is 0.00900 e. The van der Waals surface area contributed by atoms with Crippen molar-refractivity contribution in [2.24, 2.45) is 11.7 Å². The van der Waals surface area contributed by atoms with Gasteiger partial charge in [-0.2, -0.15) is 0 Å². The second-order valence-corrected chi connectivity index (χ2v) is 5.04. The van der Waals surface area contributed by atoms with Crippen molar-refractivity contribution in [2.45, 2.75) is 71.0 Å². The molecule has 14 heavy (non-hydrogen) atoms. The fourth-order valence-electron chi connectivity index (χ4n) is 2.37. The predicted octanol–water partition coefficient (Wildman–Crippen LogP) is 2.28. The number of hydrogen-bond acceptors (Lipinski definition) is 2. The summed E-state index contributed by atoms with van der Waals surface area (Å²) in [5.41, 5.74) is 5.89. The lowest BCUT2D eigenvalue weighted by Gasteiger charge is -2.32. The Kier molecular flexibility index (Phi) is 4.90. The van der Waals surface area contributed by atoms with E-state index in [9.17, 15) is 0 Å². The molecule has 1 unspecified atom stereocenters. The van der Waals surface area contributed by atoms with E-state index < -0.39 is 0 Å². The van der Waals surface area contributed by atoms with Crippen molar-refractivity contribution < 1.29 is 0 Å². The Hall–Kier alpha value is -0.0800. The van der Waals surface area contributed by atoms with Crippen LogP contribution in [0, 0.1) is 5.92 Å². The molecule has 0 radical (unpaired) electrons. The summed E-state index contributed by atoms with van der Waals surface area (Å²) in [6, 6.07) is 1.88. The summed E-state index contributed by atoms with van der Waals surface area (Å²) >= 11 is 0. The first-order valence-electron chi connectivity index (χ1n) is 6.15. The van der Waals surface area contributed by atoms with E-state index in [-0.39, 0.29) is 0 Å². The SMILES string of the molecule is CCC(NC1CCC(N)CC1)C(C)C. The number of nitrogens with one attached hydrogen (secondary N) is 1. The third-order valence-corrected chi connectivity index (χ3v) is 3.47. The zero-order valence-electron chi connectivity index (χ0n) is 9.92. The molecule has 0 aromatic rings. The van der Waals surface area contributed by atoms with E-state index in [0.717, 1.165) is 12.0 Å². The van der Waals surface area contributed by atoms with Gasteiger partial charge in [-0.05, 0) is 38.0 Å². The maximum Gasteiger partial charge on any atom is 0.00900 e. The molecule has 1 rings (SSSR count). The lowest BCUT2D eigenvalue weighted by molar-refractivity contribution is 0.278. The lowest BCUT2D eigenvalue weighted by atomic mass is 9.90. The Labute approximate surface area is 88.6 Å². The molecule has 0 aromatic heterocycles. The van der Waals surface area contributed by atoms with E-state index in [1.807, 2.05) is 0 Å². The molecule has 2 nitrogen and oxygen atoms in total. The third kappa shape index (κ3) is 3.58. The van der Waals surface area contributed by atoms with E-state index in [2.05, 4.69) is 26.1 Å². The van der Waals surface area contributed by atoms with Crippen LogP contribution in [-0.2, 0) is 0 Å². The molecule has 0 saturated heterocycles. The first-order chi connectivity index (χ1) is 6.63. The summed E-state index contributed by atoms with van der Waals surface area (Å²) in [5.74, 6) is 0.746. The fraction of sp³-hybridized carbons (Fsp3) is 1.00. The molecule has 0 spiro atoms. The van der Waals surface area contributed by atoms with Gasteiger partial charge in [-0.15, -0.1) is 0 Å². The van der Waals surface area contributed by atoms with Gasteiger partial charge in [-0.1, -0.05) is 20.8 Å². The average molecular weight is 198 g/mol. The molecule has 1 atom stereocenters. The Morgan fingerprint density at radius 2 is 1.79 bits per heavy atom. The van der Waals surface area contributed by atoms with Gasteiger partial charge < -0.3 is 11.1 Å². The van der Waals surface area contributed by atoms with Crippen LogP contribution in [0.15, 0.2) is 0 Å². The van der Waals surface area contributed by atoms with Crippen molar-refractivity contribution in [2.75, 3.05) is 0 Å². The third-order valence-electron chi connectivity index (χ3n) is 3.47. The molecule has 0 aromatic carbocycles. The summed E-state index contributed by atoms with van der Waals surface area (Å²) < 4.78 is 0. The number of nitrogens with two attached hydrogens (primary N) is 1. The van der Waals surface area contributed by atoms with Gasteiger partial charge in [0.25, 0.3) is 0 Å². The van der Waals surface area contributed by atoms with Crippen molar-refractivity contribution in [1.29, 1.82) is 0 Å². The molecule has 1 fully saturated rings. The van der Waals surface area contributed by atoms with Crippen LogP contribution in [0.3, 0.4) is 0 Å². The van der Waals surface area contributed by atoms with Crippen LogP contribution >= 0.6 is 0 Å². The lowest BCUT2D eigenvalue weighted by Crippen LogP contribution is -2.44. The first kappa shape index (κ1) is 12.0. The van der Waals surface area contributed by atoms with Gasteiger partial charge in [-0.3, -0.25) is 0 Å². The molecule has 0 amide bonds. The molecule has 3 N–H and O–H groups in total. The van der Waals surface area contributed by atoms with Crippen LogP contribution in [-0.4, -0.2) is 18.1 Å². The van der Waals surface area contributed by atoms with Crippen LogP contribution in [0.1, 0.15) is 52.9 Å². The molecular formula is C12H26N2. The van der Waals surface area contributed by atoms with Crippen LogP contribution in [0.2, 0.25) is 0 Å². The first-order valence-corrected chi connectivity index (χ1v) is 6.15. The van der Waals surface area contributed by atoms with Crippen molar-refractivity contribution in [3.05, 3.63) is 0 Å². The molecule has 0 aliphatic heterocycles. The summed E-state index contributed by atoms with van der Waals surface area (Å²) in [6.07, 6.45) is 6.17. The highest BCUT2D eigenvalue weighted by atomic mass is 15.0. The minimum atomic E-state index is 0.465. The van der Waals surface area contributed by atoms with E-state index in [1.165, 1.54) is 32.1 Å². The van der Waals surface area contributed by atoms with Gasteiger partial charge in [-0.25, -0.2) is 0 Å². The van der Waals surface area contributed by atoms with Crippen LogP contribution in [0.25, 0.3) is 0 Å². The molecule has 0 heterocycles. The highest BCUT2D eigenvalue weighted by Crippen LogP contribution is 2.19. The van der Waals surface area contributed by atoms with Gasteiger partial charge in [0.15, 0.2) is 0 Å². The quantitative estimate of drug-likeness (QED) is 0.727. The van der Waals surface area contributed by atoms with Crippen LogP contribution in [0.4, 0.5) is 0 Å². The van der Waals surface area contributed by atoms with Crippen LogP contribution < -0.4 is 11.1 Å². The van der Waals surface area contributed by atoms with Gasteiger partial charge in [0.2, 0.25) is 0 Å². The van der Waals surface area contributed by atoms with Gasteiger partial charge in [0.05, 0.1) is 0 Å². The molecule has 2 heteroatoms. The molecule has 1 aliphatic rings. The Morgan fingerprint density at radius 3 is 2.21 bits per heavy atom. The number of hydrogen-bond donors (Lipinski definition) is 2. The van der Waals surface area contributed by atoms with E-state index in [4.69, 9.17) is 5.73 Å². The minimum absolute atomic E-state index is 0.465. The largest absolute Gasteiger partial charge is 0.328 e. The fourth-order valence-corrected chi connectivity index (χ4v) is 2.37. The monoisotopic (exact) mass is 198 g/mol. The predicted molar refractivity (Wildman–Crippen MR) is 62.3 cm³/mol. The van der Waals surface area contributed by atoms with Crippen molar-refractivity contribution in [3.63, 3.8) is 0 Å². The second kappa shape index (κ2) is 5.72. The topological polar surface area (TPSA) is 38.0 Å². The summed E-state index contributed by atoms with van der Waals surface area (Å²) in [7, 11) is 0. The Bertz CT molecular complexity index is 148. The second-order valence-electron chi connectivity index (χ2n) is 5.04. The molecule has 84 valence electrons. The van der Waals surface area contributed by atoms with Gasteiger partial charge in [0.1, 0.15) is 0 Å². The van der Waals surface area contributed by atoms with Gasteiger partial charge >= 0.3 is 0 Å². The van der Waals surface area contributed by atoms with Crippen molar-refractivity contribution >= 4 is 0 Å². The normalized spacial score (nSPS) is 30.6. The zero-order chi connectivity index (χ0) is 10.6. The minimum Gasteiger partial charge on any atom is -0.328 e. The highest BCUT2D eigenvalue weighted by molar-refractivity contribution is 4.82. The Morgan fingerprint density at radius 1 is 1.21 bits per heavy atom. The zero-order valence-corrected chi connectivity index (χ0v) is 9.92. The van der Waals surface area contributed by atoms with Crippen molar-refractivity contribution in [3.8, 4) is 0 Å². The molecule has 1 saturated carbocycles. The summed E-state index contributed by atoms with van der Waals surface area (Å²) in [4.78, 5) is 0. The standard InChI is InChI=1S/C12H26N2/c1-4-12(9(2)3)14-11-7-5-10(13)6-8-11/h9-12,14H,4-8,13H2,1-3H3. The molecule has 0 bridgehead atoms. The van der Waals surface area contributed by atoms with Crippen molar-refractivity contribution in [1.82, 2.24) is 5.32 Å². The highest BCUT2D eigenvalue weighted by Gasteiger charge is 2.21. The van der Waals surface area contributed by atoms with E-state index >= 15 is 0 Å². The summed E-state index contributed by atoms with van der Waals surface area (Å²) in [6.45, 7) is 6.87. The Balaban J connectivity index is 2.29. The van der Waals surface area contributed by atoms with Gasteiger partial charge in [0, 0.05) is 18.1 Å².